The molecular formula is C15H24N2O2. The summed E-state index contributed by atoms with van der Waals surface area (Å²) in [5.74, 6) is 1.49. The van der Waals surface area contributed by atoms with Crippen molar-refractivity contribution in [3.05, 3.63) is 29.8 Å². The second-order valence-electron chi connectivity index (χ2n) is 5.25. The van der Waals surface area contributed by atoms with Crippen molar-refractivity contribution in [1.29, 1.82) is 0 Å². The molecule has 0 unspecified atom stereocenters. The lowest BCUT2D eigenvalue weighted by molar-refractivity contribution is 0.211. The summed E-state index contributed by atoms with van der Waals surface area (Å²) in [6.45, 7) is 5.45. The predicted octanol–water partition coefficient (Wildman–Crippen LogP) is 2.84. The molecule has 1 aromatic rings. The van der Waals surface area contributed by atoms with Crippen molar-refractivity contribution in [2.24, 2.45) is 11.7 Å². The molecule has 2 atom stereocenters. The van der Waals surface area contributed by atoms with Gasteiger partial charge in [0, 0.05) is 6.54 Å². The lowest BCUT2D eigenvalue weighted by Gasteiger charge is -2.26. The molecule has 1 amide bonds. The zero-order chi connectivity index (χ0) is 14.4. The summed E-state index contributed by atoms with van der Waals surface area (Å²) >= 11 is 0. The molecule has 0 aromatic heterocycles. The lowest BCUT2D eigenvalue weighted by Crippen LogP contribution is -2.24. The lowest BCUT2D eigenvalue weighted by atomic mass is 9.85. The first-order valence-corrected chi connectivity index (χ1v) is 6.66. The molecule has 0 heterocycles. The van der Waals surface area contributed by atoms with Crippen LogP contribution in [0.4, 0.5) is 4.79 Å². The van der Waals surface area contributed by atoms with Crippen molar-refractivity contribution in [3.63, 3.8) is 0 Å². The molecule has 4 nitrogen and oxygen atoms in total. The van der Waals surface area contributed by atoms with Crippen LogP contribution < -0.4 is 10.5 Å². The molecule has 0 aliphatic heterocycles. The Morgan fingerprint density at radius 2 is 2.11 bits per heavy atom. The zero-order valence-electron chi connectivity index (χ0n) is 12.2. The minimum atomic E-state index is -0.772. The van der Waals surface area contributed by atoms with E-state index >= 15 is 0 Å². The Labute approximate surface area is 115 Å². The molecule has 0 aliphatic rings. The normalized spacial score (nSPS) is 14.2. The van der Waals surface area contributed by atoms with E-state index < -0.39 is 6.09 Å². The van der Waals surface area contributed by atoms with E-state index in [-0.39, 0.29) is 0 Å². The minimum absolute atomic E-state index is 0.443. The van der Waals surface area contributed by atoms with Crippen molar-refractivity contribution < 1.29 is 9.53 Å². The molecule has 0 fully saturated rings. The first-order valence-electron chi connectivity index (χ1n) is 6.66. The van der Waals surface area contributed by atoms with Crippen LogP contribution in [-0.2, 0) is 0 Å². The Hall–Kier alpha value is -1.55. The van der Waals surface area contributed by atoms with Gasteiger partial charge in [0.05, 0.1) is 0 Å². The number of nitrogens with two attached hydrogens (primary N) is 1. The maximum Gasteiger partial charge on any atom is 0.409 e. The van der Waals surface area contributed by atoms with Gasteiger partial charge < -0.3 is 15.4 Å². The number of nitrogens with zero attached hydrogens (tertiary/aromatic N) is 1. The molecule has 2 N–H and O–H groups in total. The highest BCUT2D eigenvalue weighted by atomic mass is 16.5. The zero-order valence-corrected chi connectivity index (χ0v) is 12.2. The number of carbonyl (C=O) groups is 1. The van der Waals surface area contributed by atoms with Gasteiger partial charge in [-0.2, -0.15) is 0 Å². The SMILES string of the molecule is CC[C@@H](c1cccc(OC(N)=O)c1)[C@@H](C)CN(C)C. The van der Waals surface area contributed by atoms with Gasteiger partial charge in [0.1, 0.15) is 5.75 Å². The topological polar surface area (TPSA) is 55.6 Å². The Bertz CT molecular complexity index is 418. The summed E-state index contributed by atoms with van der Waals surface area (Å²) in [5, 5.41) is 0. The van der Waals surface area contributed by atoms with E-state index in [0.29, 0.717) is 17.6 Å². The van der Waals surface area contributed by atoms with Crippen LogP contribution >= 0.6 is 0 Å². The third kappa shape index (κ3) is 4.91. The van der Waals surface area contributed by atoms with Crippen LogP contribution in [0.5, 0.6) is 5.75 Å². The largest absolute Gasteiger partial charge is 0.410 e. The molecule has 0 saturated heterocycles. The highest BCUT2D eigenvalue weighted by molar-refractivity contribution is 5.68. The second-order valence-corrected chi connectivity index (χ2v) is 5.25. The van der Waals surface area contributed by atoms with E-state index in [1.807, 2.05) is 12.1 Å². The summed E-state index contributed by atoms with van der Waals surface area (Å²) < 4.78 is 4.94. The fourth-order valence-corrected chi connectivity index (χ4v) is 2.59. The molecule has 1 rings (SSSR count). The highest BCUT2D eigenvalue weighted by Crippen LogP contribution is 2.30. The van der Waals surface area contributed by atoms with Gasteiger partial charge in [-0.3, -0.25) is 0 Å². The van der Waals surface area contributed by atoms with Crippen LogP contribution in [0.15, 0.2) is 24.3 Å². The maximum absolute atomic E-state index is 10.8. The van der Waals surface area contributed by atoms with Crippen LogP contribution in [0.1, 0.15) is 31.7 Å². The van der Waals surface area contributed by atoms with E-state index in [0.717, 1.165) is 13.0 Å². The van der Waals surface area contributed by atoms with Crippen LogP contribution in [0, 0.1) is 5.92 Å². The molecule has 0 radical (unpaired) electrons. The van der Waals surface area contributed by atoms with Crippen molar-refractivity contribution in [3.8, 4) is 5.75 Å². The Kier molecular flexibility index (Phi) is 5.83. The van der Waals surface area contributed by atoms with Gasteiger partial charge in [0.2, 0.25) is 0 Å². The van der Waals surface area contributed by atoms with Crippen LogP contribution in [0.3, 0.4) is 0 Å². The number of hydrogen-bond donors (Lipinski definition) is 1. The molecule has 0 aliphatic carbocycles. The molecule has 0 bridgehead atoms. The quantitative estimate of drug-likeness (QED) is 0.859. The Morgan fingerprint density at radius 1 is 1.42 bits per heavy atom. The van der Waals surface area contributed by atoms with E-state index in [2.05, 4.69) is 38.9 Å². The third-order valence-corrected chi connectivity index (χ3v) is 3.28. The van der Waals surface area contributed by atoms with E-state index in [9.17, 15) is 4.79 Å². The van der Waals surface area contributed by atoms with Gasteiger partial charge in [0.25, 0.3) is 0 Å². The molecule has 106 valence electrons. The summed E-state index contributed by atoms with van der Waals surface area (Å²) in [4.78, 5) is 13.0. The standard InChI is InChI=1S/C15H24N2O2/c1-5-14(11(2)10-17(3)4)12-7-6-8-13(9-12)19-15(16)18/h6-9,11,14H,5,10H2,1-4H3,(H2,16,18)/t11-,14+/m0/s1. The molecular weight excluding hydrogens is 240 g/mol. The molecule has 1 aromatic carbocycles. The van der Waals surface area contributed by atoms with Gasteiger partial charge in [-0.15, -0.1) is 0 Å². The molecule has 0 saturated carbocycles. The average Bonchev–Trinajstić information content (AvgIpc) is 2.28. The fourth-order valence-electron chi connectivity index (χ4n) is 2.59. The Balaban J connectivity index is 2.88. The monoisotopic (exact) mass is 264 g/mol. The van der Waals surface area contributed by atoms with Gasteiger partial charge in [-0.25, -0.2) is 4.79 Å². The first-order chi connectivity index (χ1) is 8.93. The average molecular weight is 264 g/mol. The van der Waals surface area contributed by atoms with Gasteiger partial charge in [-0.05, 0) is 50.0 Å². The number of rotatable bonds is 6. The smallest absolute Gasteiger partial charge is 0.409 e. The van der Waals surface area contributed by atoms with E-state index in [4.69, 9.17) is 10.5 Å². The van der Waals surface area contributed by atoms with Crippen molar-refractivity contribution >= 4 is 6.09 Å². The summed E-state index contributed by atoms with van der Waals surface area (Å²) in [5.41, 5.74) is 6.23. The molecule has 0 spiro atoms. The van der Waals surface area contributed by atoms with E-state index in [1.165, 1.54) is 5.56 Å². The Morgan fingerprint density at radius 3 is 2.63 bits per heavy atom. The van der Waals surface area contributed by atoms with Crippen molar-refractivity contribution in [2.75, 3.05) is 20.6 Å². The first kappa shape index (κ1) is 15.5. The van der Waals surface area contributed by atoms with Gasteiger partial charge in [0.15, 0.2) is 0 Å². The summed E-state index contributed by atoms with van der Waals surface area (Å²) in [7, 11) is 4.16. The number of carbonyl (C=O) groups excluding carboxylic acids is 1. The number of amides is 1. The fraction of sp³-hybridized carbons (Fsp3) is 0.533. The van der Waals surface area contributed by atoms with Gasteiger partial charge in [-0.1, -0.05) is 26.0 Å². The van der Waals surface area contributed by atoms with Crippen molar-refractivity contribution in [1.82, 2.24) is 4.90 Å². The van der Waals surface area contributed by atoms with Crippen LogP contribution in [0.2, 0.25) is 0 Å². The maximum atomic E-state index is 10.8. The van der Waals surface area contributed by atoms with Gasteiger partial charge >= 0.3 is 6.09 Å². The molecule has 19 heavy (non-hydrogen) atoms. The predicted molar refractivity (Wildman–Crippen MR) is 77.4 cm³/mol. The highest BCUT2D eigenvalue weighted by Gasteiger charge is 2.18. The molecule has 4 heteroatoms. The second kappa shape index (κ2) is 7.14. The summed E-state index contributed by atoms with van der Waals surface area (Å²) in [6, 6.07) is 7.63. The number of hydrogen-bond acceptors (Lipinski definition) is 3. The minimum Gasteiger partial charge on any atom is -0.410 e. The number of primary amides is 1. The van der Waals surface area contributed by atoms with E-state index in [1.54, 1.807) is 6.07 Å². The third-order valence-electron chi connectivity index (χ3n) is 3.28. The van der Waals surface area contributed by atoms with Crippen molar-refractivity contribution in [2.45, 2.75) is 26.2 Å². The van der Waals surface area contributed by atoms with Crippen LogP contribution in [-0.4, -0.2) is 31.6 Å². The summed E-state index contributed by atoms with van der Waals surface area (Å²) in [6.07, 6.45) is 0.279. The van der Waals surface area contributed by atoms with Crippen LogP contribution in [0.25, 0.3) is 0 Å². The number of ether oxygens (including phenoxy) is 1. The number of benzene rings is 1.